The highest BCUT2D eigenvalue weighted by Gasteiger charge is 2.28. The van der Waals surface area contributed by atoms with Crippen LogP contribution in [-0.4, -0.2) is 46.3 Å². The van der Waals surface area contributed by atoms with Gasteiger partial charge in [0.25, 0.3) is 5.91 Å². The molecule has 0 radical (unpaired) electrons. The van der Waals surface area contributed by atoms with Crippen LogP contribution in [0, 0.1) is 19.8 Å². The smallest absolute Gasteiger partial charge is 0.259 e. The van der Waals surface area contributed by atoms with E-state index in [-0.39, 0.29) is 5.91 Å². The van der Waals surface area contributed by atoms with Crippen LogP contribution in [0.15, 0.2) is 16.7 Å². The Morgan fingerprint density at radius 3 is 2.83 bits per heavy atom. The van der Waals surface area contributed by atoms with Gasteiger partial charge in [0.05, 0.1) is 11.4 Å². The molecular formula is C17H23N5O2. The zero-order valence-electron chi connectivity index (χ0n) is 14.4. The van der Waals surface area contributed by atoms with E-state index < -0.39 is 0 Å². The van der Waals surface area contributed by atoms with E-state index in [4.69, 9.17) is 4.52 Å². The van der Waals surface area contributed by atoms with Crippen LogP contribution in [0.4, 0.5) is 5.82 Å². The van der Waals surface area contributed by atoms with Crippen molar-refractivity contribution in [1.29, 1.82) is 0 Å². The summed E-state index contributed by atoms with van der Waals surface area (Å²) in [6, 6.07) is 3.92. The largest absolute Gasteiger partial charge is 0.372 e. The van der Waals surface area contributed by atoms with Gasteiger partial charge in [-0.25, -0.2) is 0 Å². The zero-order chi connectivity index (χ0) is 17.1. The molecule has 0 spiro atoms. The number of nitrogens with one attached hydrogen (secondary N) is 1. The molecule has 1 atom stereocenters. The molecule has 1 fully saturated rings. The van der Waals surface area contributed by atoms with Gasteiger partial charge in [-0.3, -0.25) is 4.79 Å². The fourth-order valence-corrected chi connectivity index (χ4v) is 3.26. The molecule has 1 aliphatic rings. The van der Waals surface area contributed by atoms with E-state index in [9.17, 15) is 4.79 Å². The van der Waals surface area contributed by atoms with Gasteiger partial charge in [0.15, 0.2) is 0 Å². The van der Waals surface area contributed by atoms with E-state index in [0.717, 1.165) is 43.9 Å². The Labute approximate surface area is 141 Å². The van der Waals surface area contributed by atoms with E-state index in [0.29, 0.717) is 22.9 Å². The van der Waals surface area contributed by atoms with Gasteiger partial charge in [0, 0.05) is 20.1 Å². The molecule has 0 aromatic carbocycles. The first-order valence-corrected chi connectivity index (χ1v) is 8.31. The van der Waals surface area contributed by atoms with Crippen molar-refractivity contribution in [2.24, 2.45) is 5.92 Å². The molecule has 7 heteroatoms. The summed E-state index contributed by atoms with van der Waals surface area (Å²) in [6.45, 7) is 5.11. The van der Waals surface area contributed by atoms with Crippen molar-refractivity contribution in [2.75, 3.05) is 25.5 Å². The molecule has 2 aromatic heterocycles. The molecule has 128 valence electrons. The average Bonchev–Trinajstić information content (AvgIpc) is 2.94. The SMILES string of the molecule is CNc1ccc(CC2CCCN(C(=O)c3c(C)noc3C)C2)nn1. The maximum Gasteiger partial charge on any atom is 0.259 e. The van der Waals surface area contributed by atoms with Gasteiger partial charge in [-0.15, -0.1) is 5.10 Å². The fraction of sp³-hybridized carbons (Fsp3) is 0.529. The number of aryl methyl sites for hydroxylation is 2. The summed E-state index contributed by atoms with van der Waals surface area (Å²) < 4.78 is 5.13. The third-order valence-electron chi connectivity index (χ3n) is 4.53. The topological polar surface area (TPSA) is 84.2 Å². The first kappa shape index (κ1) is 16.4. The maximum atomic E-state index is 12.8. The Balaban J connectivity index is 1.66. The highest BCUT2D eigenvalue weighted by molar-refractivity contribution is 5.96. The number of aromatic nitrogens is 3. The number of amides is 1. The Morgan fingerprint density at radius 2 is 2.21 bits per heavy atom. The first-order chi connectivity index (χ1) is 11.6. The van der Waals surface area contributed by atoms with E-state index >= 15 is 0 Å². The van der Waals surface area contributed by atoms with E-state index in [1.807, 2.05) is 31.0 Å². The third-order valence-corrected chi connectivity index (χ3v) is 4.53. The van der Waals surface area contributed by atoms with Crippen LogP contribution in [0.3, 0.4) is 0 Å². The van der Waals surface area contributed by atoms with Crippen LogP contribution in [0.2, 0.25) is 0 Å². The second-order valence-corrected chi connectivity index (χ2v) is 6.32. The van der Waals surface area contributed by atoms with Crippen LogP contribution < -0.4 is 5.32 Å². The molecular weight excluding hydrogens is 306 g/mol. The van der Waals surface area contributed by atoms with Crippen molar-refractivity contribution in [1.82, 2.24) is 20.3 Å². The van der Waals surface area contributed by atoms with Gasteiger partial charge in [0.1, 0.15) is 17.1 Å². The maximum absolute atomic E-state index is 12.8. The summed E-state index contributed by atoms with van der Waals surface area (Å²) in [5.74, 6) is 1.77. The van der Waals surface area contributed by atoms with Crippen molar-refractivity contribution in [2.45, 2.75) is 33.1 Å². The molecule has 1 N–H and O–H groups in total. The lowest BCUT2D eigenvalue weighted by Gasteiger charge is -2.32. The zero-order valence-corrected chi connectivity index (χ0v) is 14.4. The molecule has 2 aromatic rings. The Bertz CT molecular complexity index is 691. The minimum absolute atomic E-state index is 0.0209. The predicted octanol–water partition coefficient (Wildman–Crippen LogP) is 2.22. The van der Waals surface area contributed by atoms with Crippen LogP contribution in [0.25, 0.3) is 0 Å². The summed E-state index contributed by atoms with van der Waals surface area (Å²) >= 11 is 0. The summed E-state index contributed by atoms with van der Waals surface area (Å²) in [5, 5.41) is 15.2. The minimum Gasteiger partial charge on any atom is -0.372 e. The van der Waals surface area contributed by atoms with Crippen LogP contribution >= 0.6 is 0 Å². The number of nitrogens with zero attached hydrogens (tertiary/aromatic N) is 4. The van der Waals surface area contributed by atoms with Gasteiger partial charge in [-0.05, 0) is 51.2 Å². The number of carbonyl (C=O) groups is 1. The summed E-state index contributed by atoms with van der Waals surface area (Å²) in [7, 11) is 1.82. The third kappa shape index (κ3) is 3.39. The van der Waals surface area contributed by atoms with Crippen molar-refractivity contribution in [3.05, 3.63) is 34.8 Å². The van der Waals surface area contributed by atoms with Crippen molar-refractivity contribution >= 4 is 11.7 Å². The predicted molar refractivity (Wildman–Crippen MR) is 89.9 cm³/mol. The molecule has 1 amide bonds. The number of carbonyl (C=O) groups excluding carboxylic acids is 1. The van der Waals surface area contributed by atoms with Gasteiger partial charge in [-0.1, -0.05) is 5.16 Å². The number of hydrogen-bond acceptors (Lipinski definition) is 6. The lowest BCUT2D eigenvalue weighted by molar-refractivity contribution is 0.0670. The molecule has 0 bridgehead atoms. The standard InChI is InChI=1S/C17H23N5O2/c1-11-16(12(2)24-21-11)17(23)22-8-4-5-13(10-22)9-14-6-7-15(18-3)20-19-14/h6-7,13H,4-5,8-10H2,1-3H3,(H,18,20). The van der Waals surface area contributed by atoms with Gasteiger partial charge < -0.3 is 14.7 Å². The van der Waals surface area contributed by atoms with Gasteiger partial charge in [-0.2, -0.15) is 5.10 Å². The lowest BCUT2D eigenvalue weighted by Crippen LogP contribution is -2.41. The number of piperidine rings is 1. The van der Waals surface area contributed by atoms with Gasteiger partial charge >= 0.3 is 0 Å². The minimum atomic E-state index is 0.0209. The summed E-state index contributed by atoms with van der Waals surface area (Å²) in [6.07, 6.45) is 2.94. The molecule has 1 unspecified atom stereocenters. The highest BCUT2D eigenvalue weighted by atomic mass is 16.5. The van der Waals surface area contributed by atoms with E-state index in [2.05, 4.69) is 20.7 Å². The van der Waals surface area contributed by atoms with E-state index in [1.165, 1.54) is 0 Å². The quantitative estimate of drug-likeness (QED) is 0.926. The number of likely N-dealkylation sites (tertiary alicyclic amines) is 1. The van der Waals surface area contributed by atoms with Crippen LogP contribution in [-0.2, 0) is 6.42 Å². The Kier molecular flexibility index (Phi) is 4.78. The normalized spacial score (nSPS) is 17.8. The average molecular weight is 329 g/mol. The molecule has 24 heavy (non-hydrogen) atoms. The monoisotopic (exact) mass is 329 g/mol. The highest BCUT2D eigenvalue weighted by Crippen LogP contribution is 2.23. The van der Waals surface area contributed by atoms with Gasteiger partial charge in [0.2, 0.25) is 0 Å². The summed E-state index contributed by atoms with van der Waals surface area (Å²) in [4.78, 5) is 14.7. The molecule has 0 saturated carbocycles. The molecule has 0 aliphatic carbocycles. The number of hydrogen-bond donors (Lipinski definition) is 1. The molecule has 3 rings (SSSR count). The van der Waals surface area contributed by atoms with Crippen molar-refractivity contribution in [3.8, 4) is 0 Å². The number of anilines is 1. The molecule has 7 nitrogen and oxygen atoms in total. The Morgan fingerprint density at radius 1 is 1.38 bits per heavy atom. The molecule has 1 saturated heterocycles. The van der Waals surface area contributed by atoms with Crippen LogP contribution in [0.5, 0.6) is 0 Å². The molecule has 1 aliphatic heterocycles. The summed E-state index contributed by atoms with van der Waals surface area (Å²) in [5.41, 5.74) is 2.23. The number of rotatable bonds is 4. The first-order valence-electron chi connectivity index (χ1n) is 8.31. The lowest BCUT2D eigenvalue weighted by atomic mass is 9.92. The van der Waals surface area contributed by atoms with Crippen molar-refractivity contribution < 1.29 is 9.32 Å². The second kappa shape index (κ2) is 6.98. The Hall–Kier alpha value is -2.44. The second-order valence-electron chi connectivity index (χ2n) is 6.32. The van der Waals surface area contributed by atoms with E-state index in [1.54, 1.807) is 6.92 Å². The van der Waals surface area contributed by atoms with Crippen molar-refractivity contribution in [3.63, 3.8) is 0 Å². The molecule has 3 heterocycles. The fourth-order valence-electron chi connectivity index (χ4n) is 3.26. The van der Waals surface area contributed by atoms with Crippen LogP contribution in [0.1, 0.15) is 40.3 Å².